The van der Waals surface area contributed by atoms with Crippen molar-refractivity contribution < 1.29 is 31.2 Å². The molecule has 2 aromatic heterocycles. The monoisotopic (exact) mass is 550 g/mol. The van der Waals surface area contributed by atoms with Gasteiger partial charge in [-0.3, -0.25) is 4.72 Å². The van der Waals surface area contributed by atoms with Gasteiger partial charge in [0.05, 0.1) is 17.1 Å². The maximum absolute atomic E-state index is 13.1. The largest absolute Gasteiger partial charge is 0.468 e. The Morgan fingerprint density at radius 1 is 1.05 bits per heavy atom. The molecule has 3 heterocycles. The van der Waals surface area contributed by atoms with Gasteiger partial charge in [0.2, 0.25) is 5.88 Å². The van der Waals surface area contributed by atoms with Crippen LogP contribution in [0.15, 0.2) is 53.6 Å². The zero-order valence-corrected chi connectivity index (χ0v) is 22.4. The summed E-state index contributed by atoms with van der Waals surface area (Å²) in [6.07, 6.45) is -2.14. The Bertz CT molecular complexity index is 1370. The fraction of sp³-hybridized carbons (Fsp3) is 0.423. The first-order valence-corrected chi connectivity index (χ1v) is 13.7. The predicted octanol–water partition coefficient (Wildman–Crippen LogP) is 3.61. The van der Waals surface area contributed by atoms with Gasteiger partial charge in [-0.1, -0.05) is 26.8 Å². The molecule has 1 unspecified atom stereocenters. The van der Waals surface area contributed by atoms with Crippen molar-refractivity contribution in [3.63, 3.8) is 0 Å². The van der Waals surface area contributed by atoms with Crippen LogP contribution in [-0.4, -0.2) is 42.9 Å². The highest BCUT2D eigenvalue weighted by Gasteiger charge is 2.30. The summed E-state index contributed by atoms with van der Waals surface area (Å²) in [4.78, 5) is 5.34. The zero-order chi connectivity index (χ0) is 27.7. The van der Waals surface area contributed by atoms with Crippen molar-refractivity contribution in [3.8, 4) is 5.88 Å². The van der Waals surface area contributed by atoms with Gasteiger partial charge in [0.15, 0.2) is 12.4 Å². The second-order valence-corrected chi connectivity index (χ2v) is 12.2. The first kappa shape index (κ1) is 27.8. The minimum Gasteiger partial charge on any atom is -0.468 e. The van der Waals surface area contributed by atoms with E-state index in [0.717, 1.165) is 35.3 Å². The van der Waals surface area contributed by atoms with Gasteiger partial charge < -0.3 is 9.64 Å². The fourth-order valence-electron chi connectivity index (χ4n) is 4.28. The summed E-state index contributed by atoms with van der Waals surface area (Å²) in [6, 6.07) is 11.6. The van der Waals surface area contributed by atoms with Gasteiger partial charge in [0.1, 0.15) is 12.6 Å². The number of rotatable bonds is 7. The molecule has 0 saturated heterocycles. The number of pyridine rings is 1. The molecule has 0 saturated carbocycles. The van der Waals surface area contributed by atoms with Gasteiger partial charge >= 0.3 is 6.18 Å². The van der Waals surface area contributed by atoms with E-state index in [4.69, 9.17) is 4.74 Å². The minimum absolute atomic E-state index is 0.0118. The molecule has 1 aliphatic heterocycles. The van der Waals surface area contributed by atoms with Crippen molar-refractivity contribution in [2.75, 3.05) is 17.9 Å². The molecule has 0 radical (unpaired) electrons. The summed E-state index contributed by atoms with van der Waals surface area (Å²) in [5, 5.41) is 8.17. The van der Waals surface area contributed by atoms with E-state index in [9.17, 15) is 21.6 Å². The maximum Gasteiger partial charge on any atom is 0.422 e. The third-order valence-electron chi connectivity index (χ3n) is 6.55. The Labute approximate surface area is 220 Å². The van der Waals surface area contributed by atoms with Crippen molar-refractivity contribution in [2.24, 2.45) is 0 Å². The van der Waals surface area contributed by atoms with Crippen LogP contribution in [0.25, 0.3) is 0 Å². The van der Waals surface area contributed by atoms with Crippen molar-refractivity contribution in [2.45, 2.75) is 63.2 Å². The summed E-state index contributed by atoms with van der Waals surface area (Å²) < 4.78 is 70.5. The number of nitrogens with one attached hydrogen (secondary N) is 2. The molecule has 38 heavy (non-hydrogen) atoms. The molecule has 0 spiro atoms. The second-order valence-electron chi connectivity index (χ2n) is 10.5. The molecule has 0 amide bonds. The number of alkyl halides is 3. The van der Waals surface area contributed by atoms with Gasteiger partial charge in [-0.25, -0.2) is 13.4 Å². The van der Waals surface area contributed by atoms with E-state index in [1.54, 1.807) is 30.3 Å². The average molecular weight is 551 g/mol. The molecule has 3 aromatic rings. The number of quaternary nitrogens is 1. The number of sulfonamides is 1. The molecule has 12 heteroatoms. The van der Waals surface area contributed by atoms with Crippen LogP contribution in [-0.2, 0) is 28.4 Å². The van der Waals surface area contributed by atoms with Gasteiger partial charge in [0, 0.05) is 35.2 Å². The minimum atomic E-state index is -4.43. The molecule has 1 aliphatic rings. The summed E-state index contributed by atoms with van der Waals surface area (Å²) in [6.45, 7) is 8.02. The lowest BCUT2D eigenvalue weighted by atomic mass is 9.92. The van der Waals surface area contributed by atoms with Crippen molar-refractivity contribution in [3.05, 3.63) is 71.0 Å². The number of halogens is 3. The molecule has 2 N–H and O–H groups in total. The number of aromatic nitrogens is 3. The predicted molar refractivity (Wildman–Crippen MR) is 135 cm³/mol. The van der Waals surface area contributed by atoms with Crippen LogP contribution in [0.4, 0.5) is 19.0 Å². The van der Waals surface area contributed by atoms with E-state index in [1.807, 2.05) is 33.8 Å². The van der Waals surface area contributed by atoms with Crippen LogP contribution in [0.5, 0.6) is 5.88 Å². The molecule has 0 bridgehead atoms. The third-order valence-corrected chi connectivity index (χ3v) is 7.90. The van der Waals surface area contributed by atoms with E-state index in [2.05, 4.69) is 19.9 Å². The maximum atomic E-state index is 13.1. The Morgan fingerprint density at radius 2 is 1.82 bits per heavy atom. The summed E-state index contributed by atoms with van der Waals surface area (Å²) in [7, 11) is -3.87. The first-order chi connectivity index (χ1) is 17.7. The fourth-order valence-corrected chi connectivity index (χ4v) is 5.33. The number of fused-ring (bicyclic) bond motifs is 1. The van der Waals surface area contributed by atoms with Gasteiger partial charge in [-0.15, -0.1) is 5.10 Å². The van der Waals surface area contributed by atoms with Crippen molar-refractivity contribution >= 4 is 15.8 Å². The topological polar surface area (TPSA) is 98.5 Å². The number of hydrogen-bond donors (Lipinski definition) is 2. The van der Waals surface area contributed by atoms with Crippen LogP contribution >= 0.6 is 0 Å². The lowest BCUT2D eigenvalue weighted by molar-refractivity contribution is -0.945. The highest BCUT2D eigenvalue weighted by molar-refractivity contribution is 7.92. The van der Waals surface area contributed by atoms with E-state index in [0.29, 0.717) is 6.54 Å². The molecule has 0 aliphatic carbocycles. The van der Waals surface area contributed by atoms with Gasteiger partial charge in [0.25, 0.3) is 10.0 Å². The molecule has 2 atom stereocenters. The van der Waals surface area contributed by atoms with E-state index in [-0.39, 0.29) is 28.1 Å². The second kappa shape index (κ2) is 10.5. The van der Waals surface area contributed by atoms with Crippen LogP contribution in [0.3, 0.4) is 0 Å². The molecular weight excluding hydrogens is 519 g/mol. The van der Waals surface area contributed by atoms with E-state index in [1.165, 1.54) is 17.2 Å². The van der Waals surface area contributed by atoms with Gasteiger partial charge in [-0.2, -0.15) is 18.3 Å². The van der Waals surface area contributed by atoms with Crippen LogP contribution in [0, 0.1) is 0 Å². The van der Waals surface area contributed by atoms with Crippen molar-refractivity contribution in [1.82, 2.24) is 15.2 Å². The Balaban J connectivity index is 1.45. The molecule has 0 fully saturated rings. The quantitative estimate of drug-likeness (QED) is 0.467. The Morgan fingerprint density at radius 3 is 2.42 bits per heavy atom. The number of hydrogen-bond acceptors (Lipinski definition) is 6. The smallest absolute Gasteiger partial charge is 0.422 e. The summed E-state index contributed by atoms with van der Waals surface area (Å²) in [5.74, 6) is 0.0594. The molecule has 8 nitrogen and oxygen atoms in total. The third kappa shape index (κ3) is 6.79. The van der Waals surface area contributed by atoms with Crippen LogP contribution < -0.4 is 14.4 Å². The summed E-state index contributed by atoms with van der Waals surface area (Å²) >= 11 is 0. The Hall–Kier alpha value is -3.25. The number of nitrogens with zero attached hydrogens (tertiary/aromatic N) is 3. The zero-order valence-electron chi connectivity index (χ0n) is 21.6. The normalized spacial score (nSPS) is 17.0. The molecule has 204 valence electrons. The number of anilines is 1. The molecular formula is C26H31F3N5O3S+. The lowest BCUT2D eigenvalue weighted by Gasteiger charge is -2.31. The standard InChI is InChI=1S/C26H30F3N5O3S/c1-17(19-6-10-24(30-14-19)37-16-26(27,28)29)34-12-11-18-5-7-21(13-20(18)15-34)38(35,36)33-23-9-8-22(31-32-23)25(2,3)4/h5-10,13-14,17H,11-12,15-16H2,1-4H3,(H,32,33)/p+1/t17-/m1/s1. The summed E-state index contributed by atoms with van der Waals surface area (Å²) in [5.41, 5.74) is 3.42. The number of benzene rings is 1. The van der Waals surface area contributed by atoms with Crippen LogP contribution in [0.2, 0.25) is 0 Å². The first-order valence-electron chi connectivity index (χ1n) is 12.2. The van der Waals surface area contributed by atoms with E-state index >= 15 is 0 Å². The van der Waals surface area contributed by atoms with Crippen molar-refractivity contribution in [1.29, 1.82) is 0 Å². The number of ether oxygens (including phenoxy) is 1. The average Bonchev–Trinajstić information content (AvgIpc) is 2.86. The van der Waals surface area contributed by atoms with Crippen LogP contribution in [0.1, 0.15) is 56.1 Å². The molecule has 1 aromatic carbocycles. The van der Waals surface area contributed by atoms with Gasteiger partial charge in [-0.05, 0) is 42.8 Å². The highest BCUT2D eigenvalue weighted by Crippen LogP contribution is 2.24. The molecule has 4 rings (SSSR count). The highest BCUT2D eigenvalue weighted by atomic mass is 32.2. The lowest BCUT2D eigenvalue weighted by Crippen LogP contribution is -3.11. The SMILES string of the molecule is C[C@H](c1ccc(OCC(F)(F)F)nc1)[NH+]1CCc2ccc(S(=O)(=O)Nc3ccc(C(C)(C)C)nn3)cc2C1. The van der Waals surface area contributed by atoms with E-state index < -0.39 is 22.8 Å². The Kier molecular flexibility index (Phi) is 7.67.